The first-order chi connectivity index (χ1) is 13.5. The minimum Gasteiger partial charge on any atom is -0.493 e. The standard InChI is InChI=1S/C22H24N2O3S/c1-5-27-19-14-16(10-12-18(19)26-4)11-13-21(25)24(3)15(2)22-23-17-8-6-7-9-20(17)28-22/h6-15H,5H2,1-4H3/b13-11+/t15-/m0/s1. The Labute approximate surface area is 169 Å². The van der Waals surface area contributed by atoms with Crippen LogP contribution in [-0.4, -0.2) is 36.6 Å². The predicted octanol–water partition coefficient (Wildman–Crippen LogP) is 4.94. The number of ether oxygens (including phenoxy) is 2. The fourth-order valence-corrected chi connectivity index (χ4v) is 3.84. The van der Waals surface area contributed by atoms with Crippen LogP contribution in [0.2, 0.25) is 0 Å². The number of thiazole rings is 1. The van der Waals surface area contributed by atoms with E-state index in [1.54, 1.807) is 42.5 Å². The lowest BCUT2D eigenvalue weighted by Crippen LogP contribution is -2.27. The molecule has 0 aliphatic rings. The third-order valence-corrected chi connectivity index (χ3v) is 5.71. The summed E-state index contributed by atoms with van der Waals surface area (Å²) in [5, 5.41) is 0.925. The van der Waals surface area contributed by atoms with Crippen LogP contribution < -0.4 is 9.47 Å². The number of carbonyl (C=O) groups is 1. The van der Waals surface area contributed by atoms with Gasteiger partial charge in [0, 0.05) is 13.1 Å². The van der Waals surface area contributed by atoms with Gasteiger partial charge in [-0.3, -0.25) is 4.79 Å². The van der Waals surface area contributed by atoms with E-state index < -0.39 is 0 Å². The molecule has 1 atom stereocenters. The van der Waals surface area contributed by atoms with Gasteiger partial charge in [-0.05, 0) is 49.8 Å². The molecule has 1 heterocycles. The lowest BCUT2D eigenvalue weighted by atomic mass is 10.2. The molecule has 1 amide bonds. The molecular weight excluding hydrogens is 372 g/mol. The lowest BCUT2D eigenvalue weighted by Gasteiger charge is -2.21. The van der Waals surface area contributed by atoms with Gasteiger partial charge in [0.25, 0.3) is 0 Å². The molecule has 0 bridgehead atoms. The number of para-hydroxylation sites is 1. The van der Waals surface area contributed by atoms with E-state index in [0.717, 1.165) is 20.8 Å². The molecule has 1 aromatic heterocycles. The number of aromatic nitrogens is 1. The van der Waals surface area contributed by atoms with Crippen LogP contribution in [0, 0.1) is 0 Å². The van der Waals surface area contributed by atoms with Crippen molar-refractivity contribution in [1.82, 2.24) is 9.88 Å². The van der Waals surface area contributed by atoms with E-state index in [1.165, 1.54) is 0 Å². The topological polar surface area (TPSA) is 51.7 Å². The number of carbonyl (C=O) groups excluding carboxylic acids is 1. The van der Waals surface area contributed by atoms with Gasteiger partial charge in [-0.15, -0.1) is 11.3 Å². The smallest absolute Gasteiger partial charge is 0.246 e. The highest BCUT2D eigenvalue weighted by atomic mass is 32.1. The highest BCUT2D eigenvalue weighted by Gasteiger charge is 2.19. The molecule has 5 nitrogen and oxygen atoms in total. The van der Waals surface area contributed by atoms with Crippen molar-refractivity contribution in [3.8, 4) is 11.5 Å². The van der Waals surface area contributed by atoms with Crippen LogP contribution >= 0.6 is 11.3 Å². The molecule has 146 valence electrons. The zero-order valence-electron chi connectivity index (χ0n) is 16.5. The molecule has 0 fully saturated rings. The van der Waals surface area contributed by atoms with E-state index in [2.05, 4.69) is 4.98 Å². The number of nitrogens with zero attached hydrogens (tertiary/aromatic N) is 2. The monoisotopic (exact) mass is 396 g/mol. The van der Waals surface area contributed by atoms with Crippen molar-refractivity contribution in [1.29, 1.82) is 0 Å². The van der Waals surface area contributed by atoms with Gasteiger partial charge in [0.2, 0.25) is 5.91 Å². The average Bonchev–Trinajstić information content (AvgIpc) is 3.15. The van der Waals surface area contributed by atoms with Crippen molar-refractivity contribution >= 4 is 33.5 Å². The first kappa shape index (κ1) is 19.9. The van der Waals surface area contributed by atoms with E-state index in [4.69, 9.17) is 9.47 Å². The Morgan fingerprint density at radius 1 is 1.25 bits per heavy atom. The summed E-state index contributed by atoms with van der Waals surface area (Å²) in [6, 6.07) is 13.5. The largest absolute Gasteiger partial charge is 0.493 e. The zero-order chi connectivity index (χ0) is 20.1. The van der Waals surface area contributed by atoms with Crippen LogP contribution in [0.15, 0.2) is 48.5 Å². The van der Waals surface area contributed by atoms with E-state index >= 15 is 0 Å². The molecule has 0 aliphatic heterocycles. The molecular formula is C22H24N2O3S. The Bertz CT molecular complexity index is 963. The zero-order valence-corrected chi connectivity index (χ0v) is 17.3. The summed E-state index contributed by atoms with van der Waals surface area (Å²) >= 11 is 1.62. The fraction of sp³-hybridized carbons (Fsp3) is 0.273. The van der Waals surface area contributed by atoms with E-state index in [9.17, 15) is 4.79 Å². The van der Waals surface area contributed by atoms with E-state index in [1.807, 2.05) is 56.3 Å². The quantitative estimate of drug-likeness (QED) is 0.531. The number of hydrogen-bond acceptors (Lipinski definition) is 5. The molecule has 0 saturated carbocycles. The van der Waals surface area contributed by atoms with Crippen molar-refractivity contribution in [2.24, 2.45) is 0 Å². The van der Waals surface area contributed by atoms with Crippen LogP contribution in [-0.2, 0) is 4.79 Å². The van der Waals surface area contributed by atoms with Gasteiger partial charge in [0.1, 0.15) is 5.01 Å². The highest BCUT2D eigenvalue weighted by molar-refractivity contribution is 7.18. The Kier molecular flexibility index (Phi) is 6.31. The van der Waals surface area contributed by atoms with Crippen molar-refractivity contribution < 1.29 is 14.3 Å². The van der Waals surface area contributed by atoms with E-state index in [0.29, 0.717) is 18.1 Å². The minimum absolute atomic E-state index is 0.0828. The second kappa shape index (κ2) is 8.89. The maximum Gasteiger partial charge on any atom is 0.246 e. The normalized spacial score (nSPS) is 12.3. The summed E-state index contributed by atoms with van der Waals surface area (Å²) in [6.07, 6.45) is 3.35. The molecule has 28 heavy (non-hydrogen) atoms. The molecule has 6 heteroatoms. The van der Waals surface area contributed by atoms with Gasteiger partial charge in [-0.25, -0.2) is 4.98 Å². The van der Waals surface area contributed by atoms with Gasteiger partial charge in [0.05, 0.1) is 30.0 Å². The van der Waals surface area contributed by atoms with Crippen molar-refractivity contribution in [2.75, 3.05) is 20.8 Å². The first-order valence-electron chi connectivity index (χ1n) is 9.14. The summed E-state index contributed by atoms with van der Waals surface area (Å²) in [5.74, 6) is 1.25. The Morgan fingerprint density at radius 2 is 2.04 bits per heavy atom. The van der Waals surface area contributed by atoms with Crippen LogP contribution in [0.5, 0.6) is 11.5 Å². The lowest BCUT2D eigenvalue weighted by molar-refractivity contribution is -0.126. The molecule has 3 aromatic rings. The Hall–Kier alpha value is -2.86. The number of fused-ring (bicyclic) bond motifs is 1. The van der Waals surface area contributed by atoms with Gasteiger partial charge >= 0.3 is 0 Å². The van der Waals surface area contributed by atoms with Gasteiger partial charge in [-0.2, -0.15) is 0 Å². The average molecular weight is 397 g/mol. The molecule has 0 radical (unpaired) electrons. The van der Waals surface area contributed by atoms with Gasteiger partial charge in [-0.1, -0.05) is 18.2 Å². The fourth-order valence-electron chi connectivity index (χ4n) is 2.78. The van der Waals surface area contributed by atoms with Crippen LogP contribution in [0.1, 0.15) is 30.5 Å². The number of benzene rings is 2. The summed E-state index contributed by atoms with van der Waals surface area (Å²) in [7, 11) is 3.40. The van der Waals surface area contributed by atoms with Crippen LogP contribution in [0.4, 0.5) is 0 Å². The number of hydrogen-bond donors (Lipinski definition) is 0. The summed E-state index contributed by atoms with van der Waals surface area (Å²) in [6.45, 7) is 4.46. The minimum atomic E-state index is -0.107. The number of likely N-dealkylation sites (N-methyl/N-ethyl adjacent to an activating group) is 1. The van der Waals surface area contributed by atoms with Crippen LogP contribution in [0.25, 0.3) is 16.3 Å². The Balaban J connectivity index is 1.73. The van der Waals surface area contributed by atoms with Gasteiger partial charge in [0.15, 0.2) is 11.5 Å². The Morgan fingerprint density at radius 3 is 2.75 bits per heavy atom. The number of methoxy groups -OCH3 is 1. The SMILES string of the molecule is CCOc1cc(/C=C/C(=O)N(C)[C@@H](C)c2nc3ccccc3s2)ccc1OC. The highest BCUT2D eigenvalue weighted by Crippen LogP contribution is 2.30. The molecule has 0 spiro atoms. The molecule has 0 aliphatic carbocycles. The van der Waals surface area contributed by atoms with Crippen molar-refractivity contribution in [2.45, 2.75) is 19.9 Å². The molecule has 2 aromatic carbocycles. The van der Waals surface area contributed by atoms with E-state index in [-0.39, 0.29) is 11.9 Å². The molecule has 0 unspecified atom stereocenters. The van der Waals surface area contributed by atoms with Crippen molar-refractivity contribution in [3.63, 3.8) is 0 Å². The third kappa shape index (κ3) is 4.34. The maximum absolute atomic E-state index is 12.6. The summed E-state index contributed by atoms with van der Waals surface area (Å²) in [4.78, 5) is 19.0. The molecule has 0 N–H and O–H groups in total. The molecule has 0 saturated heterocycles. The first-order valence-corrected chi connectivity index (χ1v) is 9.96. The van der Waals surface area contributed by atoms with Crippen molar-refractivity contribution in [3.05, 3.63) is 59.1 Å². The summed E-state index contributed by atoms with van der Waals surface area (Å²) in [5.41, 5.74) is 1.84. The second-order valence-corrected chi connectivity index (χ2v) is 7.38. The number of rotatable bonds is 7. The van der Waals surface area contributed by atoms with Crippen LogP contribution in [0.3, 0.4) is 0 Å². The second-order valence-electron chi connectivity index (χ2n) is 6.32. The number of amides is 1. The predicted molar refractivity (Wildman–Crippen MR) is 114 cm³/mol. The summed E-state index contributed by atoms with van der Waals surface area (Å²) < 4.78 is 12.0. The van der Waals surface area contributed by atoms with Gasteiger partial charge < -0.3 is 14.4 Å². The molecule has 3 rings (SSSR count). The third-order valence-electron chi connectivity index (χ3n) is 4.50. The maximum atomic E-state index is 12.6.